The Kier molecular flexibility index (Phi) is 6.06. The van der Waals surface area contributed by atoms with Gasteiger partial charge in [-0.3, -0.25) is 0 Å². The van der Waals surface area contributed by atoms with Gasteiger partial charge in [0.15, 0.2) is 16.6 Å². The summed E-state index contributed by atoms with van der Waals surface area (Å²) in [4.78, 5) is 0. The van der Waals surface area contributed by atoms with E-state index in [0.717, 1.165) is 29.6 Å². The summed E-state index contributed by atoms with van der Waals surface area (Å²) in [6.45, 7) is 24.7. The van der Waals surface area contributed by atoms with E-state index in [1.807, 2.05) is 0 Å². The predicted octanol–water partition coefficient (Wildman–Crippen LogP) is 8.11. The number of rotatable bonds is 4. The fourth-order valence-corrected chi connectivity index (χ4v) is 12.2. The lowest BCUT2D eigenvalue weighted by Crippen LogP contribution is -2.60. The lowest BCUT2D eigenvalue weighted by Gasteiger charge is -2.64. The summed E-state index contributed by atoms with van der Waals surface area (Å²) in [5.74, 6) is 4.40. The van der Waals surface area contributed by atoms with E-state index in [9.17, 15) is 0 Å². The van der Waals surface area contributed by atoms with Crippen LogP contribution in [0.1, 0.15) is 79.1 Å². The van der Waals surface area contributed by atoms with E-state index in [0.29, 0.717) is 16.9 Å². The first-order chi connectivity index (χ1) is 14.1. The average molecular weight is 465 g/mol. The van der Waals surface area contributed by atoms with Crippen molar-refractivity contribution >= 4 is 16.6 Å². The molecule has 4 fully saturated rings. The quantitative estimate of drug-likeness (QED) is 0.391. The van der Waals surface area contributed by atoms with Gasteiger partial charge in [0.05, 0.1) is 5.60 Å². The Hall–Kier alpha value is 0.354. The second-order valence-electron chi connectivity index (χ2n) is 14.8. The van der Waals surface area contributed by atoms with Gasteiger partial charge in [-0.25, -0.2) is 0 Å². The van der Waals surface area contributed by atoms with Gasteiger partial charge in [0.2, 0.25) is 0 Å². The van der Waals surface area contributed by atoms with E-state index >= 15 is 0 Å². The zero-order valence-corrected chi connectivity index (χ0v) is 24.4. The van der Waals surface area contributed by atoms with Gasteiger partial charge in [-0.2, -0.15) is 0 Å². The Labute approximate surface area is 195 Å². The Balaban J connectivity index is 1.57. The highest BCUT2D eigenvalue weighted by Gasteiger charge is 2.65. The smallest absolute Gasteiger partial charge is 0.184 e. The molecule has 0 radical (unpaired) electrons. The second-order valence-corrected chi connectivity index (χ2v) is 23.7. The monoisotopic (exact) mass is 464 g/mol. The van der Waals surface area contributed by atoms with E-state index in [1.54, 1.807) is 0 Å². The van der Waals surface area contributed by atoms with Crippen LogP contribution in [0.2, 0.25) is 39.3 Å². The second kappa shape index (κ2) is 7.68. The molecular weight excluding hydrogens is 412 g/mol. The highest BCUT2D eigenvalue weighted by Crippen LogP contribution is 2.70. The summed E-state index contributed by atoms with van der Waals surface area (Å²) in [6, 6.07) is 0. The molecule has 0 bridgehead atoms. The van der Waals surface area contributed by atoms with Gasteiger partial charge in [-0.1, -0.05) is 20.8 Å². The molecule has 4 saturated carbocycles. The zero-order valence-electron chi connectivity index (χ0n) is 22.4. The average Bonchev–Trinajstić information content (AvgIpc) is 2.84. The third kappa shape index (κ3) is 4.19. The van der Waals surface area contributed by atoms with E-state index in [1.165, 1.54) is 51.4 Å². The van der Waals surface area contributed by atoms with Crippen LogP contribution in [-0.4, -0.2) is 28.3 Å². The van der Waals surface area contributed by atoms with Crippen molar-refractivity contribution in [3.63, 3.8) is 0 Å². The molecule has 6 unspecified atom stereocenters. The minimum absolute atomic E-state index is 0.0907. The summed E-state index contributed by atoms with van der Waals surface area (Å²) < 4.78 is 13.6. The van der Waals surface area contributed by atoms with E-state index in [-0.39, 0.29) is 5.60 Å². The lowest BCUT2D eigenvalue weighted by atomic mass is 9.42. The molecule has 0 aliphatic heterocycles. The van der Waals surface area contributed by atoms with E-state index < -0.39 is 16.6 Å². The fourth-order valence-electron chi connectivity index (χ4n) is 9.28. The van der Waals surface area contributed by atoms with Gasteiger partial charge in [0.25, 0.3) is 0 Å². The predicted molar refractivity (Wildman–Crippen MR) is 137 cm³/mol. The third-order valence-electron chi connectivity index (χ3n) is 10.6. The Morgan fingerprint density at radius 2 is 1.39 bits per heavy atom. The molecule has 9 atom stereocenters. The van der Waals surface area contributed by atoms with E-state index in [2.05, 4.69) is 67.0 Å². The minimum Gasteiger partial charge on any atom is -0.415 e. The molecule has 0 aromatic rings. The summed E-state index contributed by atoms with van der Waals surface area (Å²) in [5.41, 5.74) is 0.994. The molecule has 4 aliphatic carbocycles. The molecule has 0 aromatic heterocycles. The minimum atomic E-state index is -1.56. The SMILES string of the molecule is CC1C[C@@H]2C[C@H](O[Si](C)(C)C)CCC2(C)C2CCC3(C)C(CC[C@]3(C)O[Si](C)(C)C)C12. The zero-order chi connectivity index (χ0) is 23.0. The molecule has 0 heterocycles. The number of hydrogen-bond donors (Lipinski definition) is 0. The molecule has 0 N–H and O–H groups in total. The van der Waals surface area contributed by atoms with Crippen molar-refractivity contribution < 1.29 is 8.85 Å². The van der Waals surface area contributed by atoms with Gasteiger partial charge in [0.1, 0.15) is 0 Å². The molecule has 31 heavy (non-hydrogen) atoms. The maximum atomic E-state index is 6.99. The molecule has 0 saturated heterocycles. The van der Waals surface area contributed by atoms with Gasteiger partial charge >= 0.3 is 0 Å². The van der Waals surface area contributed by atoms with Gasteiger partial charge < -0.3 is 8.85 Å². The first kappa shape index (κ1) is 24.5. The third-order valence-corrected chi connectivity index (χ3v) is 12.7. The molecule has 0 aromatic carbocycles. The summed E-state index contributed by atoms with van der Waals surface area (Å²) in [6.07, 6.45) is 11.5. The Bertz CT molecular complexity index is 682. The summed E-state index contributed by atoms with van der Waals surface area (Å²) in [5, 5.41) is 0. The van der Waals surface area contributed by atoms with Crippen LogP contribution < -0.4 is 0 Å². The summed E-state index contributed by atoms with van der Waals surface area (Å²) in [7, 11) is -3.01. The maximum Gasteiger partial charge on any atom is 0.184 e. The van der Waals surface area contributed by atoms with Crippen molar-refractivity contribution in [1.82, 2.24) is 0 Å². The van der Waals surface area contributed by atoms with Crippen LogP contribution in [-0.2, 0) is 8.85 Å². The fraction of sp³-hybridized carbons (Fsp3) is 1.00. The van der Waals surface area contributed by atoms with Crippen molar-refractivity contribution in [1.29, 1.82) is 0 Å². The van der Waals surface area contributed by atoms with Crippen molar-refractivity contribution in [3.8, 4) is 0 Å². The Morgan fingerprint density at radius 1 is 0.742 bits per heavy atom. The highest BCUT2D eigenvalue weighted by atomic mass is 28.4. The van der Waals surface area contributed by atoms with Crippen LogP contribution in [0, 0.1) is 40.4 Å². The molecular formula is C27H52O2Si2. The van der Waals surface area contributed by atoms with Gasteiger partial charge in [-0.15, -0.1) is 0 Å². The molecule has 4 heteroatoms. The molecule has 2 nitrogen and oxygen atoms in total. The van der Waals surface area contributed by atoms with Crippen molar-refractivity contribution in [2.24, 2.45) is 40.4 Å². The van der Waals surface area contributed by atoms with Crippen molar-refractivity contribution in [2.45, 2.75) is 130 Å². The van der Waals surface area contributed by atoms with Crippen LogP contribution in [0.15, 0.2) is 0 Å². The van der Waals surface area contributed by atoms with E-state index in [4.69, 9.17) is 8.85 Å². The molecule has 0 spiro atoms. The first-order valence-electron chi connectivity index (χ1n) is 13.5. The topological polar surface area (TPSA) is 18.5 Å². The number of hydrogen-bond acceptors (Lipinski definition) is 2. The van der Waals surface area contributed by atoms with Crippen molar-refractivity contribution in [3.05, 3.63) is 0 Å². The van der Waals surface area contributed by atoms with Gasteiger partial charge in [-0.05, 0) is 138 Å². The number of fused-ring (bicyclic) bond motifs is 5. The lowest BCUT2D eigenvalue weighted by molar-refractivity contribution is -0.165. The van der Waals surface area contributed by atoms with Crippen LogP contribution >= 0.6 is 0 Å². The normalized spacial score (nSPS) is 50.5. The maximum absolute atomic E-state index is 6.99. The molecule has 4 aliphatic rings. The molecule has 180 valence electrons. The summed E-state index contributed by atoms with van der Waals surface area (Å²) >= 11 is 0. The van der Waals surface area contributed by atoms with Crippen LogP contribution in [0.3, 0.4) is 0 Å². The van der Waals surface area contributed by atoms with Crippen molar-refractivity contribution in [2.75, 3.05) is 0 Å². The standard InChI is InChI=1S/C27H52O2Si2/c1-19-17-20-18-21(28-30(5,6)7)11-14-25(20,2)22-12-15-26(3)23(24(19)22)13-16-27(26,4)29-31(8,9)10/h19-24H,11-18H2,1-10H3/t19?,20-,21-,22?,23?,24?,25?,26?,27+/m1/s1. The van der Waals surface area contributed by atoms with Crippen LogP contribution in [0.25, 0.3) is 0 Å². The Morgan fingerprint density at radius 3 is 2.00 bits per heavy atom. The highest BCUT2D eigenvalue weighted by molar-refractivity contribution is 6.70. The first-order valence-corrected chi connectivity index (χ1v) is 20.3. The molecule has 4 rings (SSSR count). The van der Waals surface area contributed by atoms with Crippen LogP contribution in [0.4, 0.5) is 0 Å². The van der Waals surface area contributed by atoms with Gasteiger partial charge in [0, 0.05) is 6.10 Å². The largest absolute Gasteiger partial charge is 0.415 e. The van der Waals surface area contributed by atoms with Crippen LogP contribution in [0.5, 0.6) is 0 Å². The molecule has 0 amide bonds.